The summed E-state index contributed by atoms with van der Waals surface area (Å²) >= 11 is 0. The van der Waals surface area contributed by atoms with Gasteiger partial charge < -0.3 is 10.4 Å². The first kappa shape index (κ1) is 11.6. The van der Waals surface area contributed by atoms with Crippen LogP contribution in [0.15, 0.2) is 12.4 Å². The van der Waals surface area contributed by atoms with Gasteiger partial charge in [-0.3, -0.25) is 4.68 Å². The van der Waals surface area contributed by atoms with E-state index in [1.807, 2.05) is 17.1 Å². The first-order valence-corrected chi connectivity index (χ1v) is 6.16. The first-order chi connectivity index (χ1) is 7.72. The van der Waals surface area contributed by atoms with Crippen LogP contribution in [0.3, 0.4) is 0 Å². The number of hydrogen-bond donors (Lipinski definition) is 2. The molecular formula is C12H21N3O. The third-order valence-corrected chi connectivity index (χ3v) is 3.33. The smallest absolute Gasteiger partial charge is 0.0771 e. The molecule has 0 atom stereocenters. The molecule has 0 aliphatic heterocycles. The summed E-state index contributed by atoms with van der Waals surface area (Å²) < 4.78 is 1.92. The Kier molecular flexibility index (Phi) is 3.61. The van der Waals surface area contributed by atoms with Gasteiger partial charge in [-0.05, 0) is 19.8 Å². The van der Waals surface area contributed by atoms with Crippen LogP contribution in [0, 0.1) is 0 Å². The summed E-state index contributed by atoms with van der Waals surface area (Å²) in [5.74, 6) is 0. The number of nitrogens with zero attached hydrogens (tertiary/aromatic N) is 2. The second-order valence-corrected chi connectivity index (χ2v) is 4.74. The maximum atomic E-state index is 10.1. The molecule has 0 saturated heterocycles. The Labute approximate surface area is 96.7 Å². The van der Waals surface area contributed by atoms with Crippen molar-refractivity contribution >= 4 is 0 Å². The SMILES string of the molecule is CCn1cc(CNCC2(O)CCCC2)cn1. The number of aliphatic hydroxyl groups is 1. The second kappa shape index (κ2) is 4.97. The Hall–Kier alpha value is -0.870. The van der Waals surface area contributed by atoms with Crippen LogP contribution in [0.2, 0.25) is 0 Å². The lowest BCUT2D eigenvalue weighted by molar-refractivity contribution is 0.0475. The molecule has 1 fully saturated rings. The van der Waals surface area contributed by atoms with E-state index in [0.717, 1.165) is 38.8 Å². The van der Waals surface area contributed by atoms with Crippen LogP contribution in [0.25, 0.3) is 0 Å². The summed E-state index contributed by atoms with van der Waals surface area (Å²) in [6, 6.07) is 0. The fourth-order valence-corrected chi connectivity index (χ4v) is 2.32. The topological polar surface area (TPSA) is 50.1 Å². The predicted molar refractivity (Wildman–Crippen MR) is 63.0 cm³/mol. The number of nitrogens with one attached hydrogen (secondary N) is 1. The van der Waals surface area contributed by atoms with E-state index < -0.39 is 5.60 Å². The minimum atomic E-state index is -0.458. The van der Waals surface area contributed by atoms with Crippen molar-refractivity contribution in [1.29, 1.82) is 0 Å². The third-order valence-electron chi connectivity index (χ3n) is 3.33. The quantitative estimate of drug-likeness (QED) is 0.791. The van der Waals surface area contributed by atoms with Crippen molar-refractivity contribution in [2.24, 2.45) is 0 Å². The highest BCUT2D eigenvalue weighted by Crippen LogP contribution is 2.28. The highest BCUT2D eigenvalue weighted by Gasteiger charge is 2.30. The van der Waals surface area contributed by atoms with Crippen molar-refractivity contribution in [3.8, 4) is 0 Å². The number of aryl methyl sites for hydroxylation is 1. The van der Waals surface area contributed by atoms with Gasteiger partial charge in [0.15, 0.2) is 0 Å². The minimum Gasteiger partial charge on any atom is -0.389 e. The lowest BCUT2D eigenvalue weighted by Gasteiger charge is -2.22. The molecule has 0 unspecified atom stereocenters. The summed E-state index contributed by atoms with van der Waals surface area (Å²) in [6.07, 6.45) is 8.13. The minimum absolute atomic E-state index is 0.458. The molecule has 2 rings (SSSR count). The Morgan fingerprint density at radius 2 is 2.25 bits per heavy atom. The summed E-state index contributed by atoms with van der Waals surface area (Å²) in [7, 11) is 0. The van der Waals surface area contributed by atoms with Gasteiger partial charge in [-0.2, -0.15) is 5.10 Å². The van der Waals surface area contributed by atoms with Gasteiger partial charge in [-0.1, -0.05) is 12.8 Å². The Bertz CT molecular complexity index is 329. The summed E-state index contributed by atoms with van der Waals surface area (Å²) in [5.41, 5.74) is 0.726. The van der Waals surface area contributed by atoms with Gasteiger partial charge in [0.25, 0.3) is 0 Å². The van der Waals surface area contributed by atoms with Crippen LogP contribution in [0.1, 0.15) is 38.2 Å². The molecule has 1 aliphatic carbocycles. The molecule has 4 heteroatoms. The molecule has 1 aromatic heterocycles. The molecule has 1 aliphatic rings. The van der Waals surface area contributed by atoms with E-state index in [1.54, 1.807) is 0 Å². The van der Waals surface area contributed by atoms with Crippen molar-refractivity contribution in [3.05, 3.63) is 18.0 Å². The maximum Gasteiger partial charge on any atom is 0.0771 e. The Morgan fingerprint density at radius 3 is 2.88 bits per heavy atom. The zero-order chi connectivity index (χ0) is 11.4. The molecule has 0 radical (unpaired) electrons. The van der Waals surface area contributed by atoms with Gasteiger partial charge in [-0.25, -0.2) is 0 Å². The summed E-state index contributed by atoms with van der Waals surface area (Å²) in [6.45, 7) is 4.47. The molecule has 0 spiro atoms. The molecular weight excluding hydrogens is 202 g/mol. The van der Waals surface area contributed by atoms with E-state index in [1.165, 1.54) is 5.56 Å². The molecule has 2 N–H and O–H groups in total. The van der Waals surface area contributed by atoms with E-state index >= 15 is 0 Å². The third kappa shape index (κ3) is 2.83. The van der Waals surface area contributed by atoms with Crippen molar-refractivity contribution in [2.75, 3.05) is 6.54 Å². The van der Waals surface area contributed by atoms with Crippen LogP contribution in [-0.2, 0) is 13.1 Å². The molecule has 1 aromatic rings. The number of rotatable bonds is 5. The Balaban J connectivity index is 1.75. The van der Waals surface area contributed by atoms with Crippen molar-refractivity contribution < 1.29 is 5.11 Å². The second-order valence-electron chi connectivity index (χ2n) is 4.74. The summed E-state index contributed by atoms with van der Waals surface area (Å²) in [5, 5.41) is 17.7. The van der Waals surface area contributed by atoms with Gasteiger partial charge in [0.1, 0.15) is 0 Å². The van der Waals surface area contributed by atoms with Gasteiger partial charge in [0.05, 0.1) is 11.8 Å². The van der Waals surface area contributed by atoms with Crippen molar-refractivity contribution in [1.82, 2.24) is 15.1 Å². The molecule has 1 heterocycles. The molecule has 16 heavy (non-hydrogen) atoms. The standard InChI is InChI=1S/C12H21N3O/c1-2-15-9-11(8-14-15)7-13-10-12(16)5-3-4-6-12/h8-9,13,16H,2-7,10H2,1H3. The molecule has 0 amide bonds. The molecule has 1 saturated carbocycles. The number of hydrogen-bond acceptors (Lipinski definition) is 3. The largest absolute Gasteiger partial charge is 0.389 e. The van der Waals surface area contributed by atoms with Crippen LogP contribution in [-0.4, -0.2) is 27.0 Å². The predicted octanol–water partition coefficient (Wildman–Crippen LogP) is 1.30. The van der Waals surface area contributed by atoms with Crippen LogP contribution < -0.4 is 5.32 Å². The lowest BCUT2D eigenvalue weighted by atomic mass is 10.0. The van der Waals surface area contributed by atoms with Gasteiger partial charge >= 0.3 is 0 Å². The highest BCUT2D eigenvalue weighted by atomic mass is 16.3. The normalized spacial score (nSPS) is 19.1. The van der Waals surface area contributed by atoms with Gasteiger partial charge in [0, 0.05) is 31.4 Å². The van der Waals surface area contributed by atoms with Crippen LogP contribution in [0.4, 0.5) is 0 Å². The van der Waals surface area contributed by atoms with E-state index in [-0.39, 0.29) is 0 Å². The Morgan fingerprint density at radius 1 is 1.50 bits per heavy atom. The maximum absolute atomic E-state index is 10.1. The van der Waals surface area contributed by atoms with Crippen molar-refractivity contribution in [3.63, 3.8) is 0 Å². The van der Waals surface area contributed by atoms with Gasteiger partial charge in [0.2, 0.25) is 0 Å². The zero-order valence-electron chi connectivity index (χ0n) is 9.95. The highest BCUT2D eigenvalue weighted by molar-refractivity contribution is 5.03. The van der Waals surface area contributed by atoms with Crippen LogP contribution >= 0.6 is 0 Å². The average molecular weight is 223 g/mol. The molecule has 0 aromatic carbocycles. The fraction of sp³-hybridized carbons (Fsp3) is 0.750. The first-order valence-electron chi connectivity index (χ1n) is 6.16. The lowest BCUT2D eigenvalue weighted by Crippen LogP contribution is -2.37. The van der Waals surface area contributed by atoms with E-state index in [2.05, 4.69) is 17.3 Å². The molecule has 90 valence electrons. The van der Waals surface area contributed by atoms with Crippen LogP contribution in [0.5, 0.6) is 0 Å². The number of aromatic nitrogens is 2. The van der Waals surface area contributed by atoms with E-state index in [4.69, 9.17) is 0 Å². The fourth-order valence-electron chi connectivity index (χ4n) is 2.32. The molecule has 0 bridgehead atoms. The van der Waals surface area contributed by atoms with Crippen molar-refractivity contribution in [2.45, 2.75) is 51.3 Å². The average Bonchev–Trinajstić information content (AvgIpc) is 2.88. The zero-order valence-corrected chi connectivity index (χ0v) is 9.95. The molecule has 4 nitrogen and oxygen atoms in total. The summed E-state index contributed by atoms with van der Waals surface area (Å²) in [4.78, 5) is 0. The monoisotopic (exact) mass is 223 g/mol. The van der Waals surface area contributed by atoms with Gasteiger partial charge in [-0.15, -0.1) is 0 Å². The van der Waals surface area contributed by atoms with E-state index in [9.17, 15) is 5.11 Å². The van der Waals surface area contributed by atoms with E-state index in [0.29, 0.717) is 6.54 Å².